The van der Waals surface area contributed by atoms with E-state index in [4.69, 9.17) is 11.6 Å². The van der Waals surface area contributed by atoms with E-state index in [1.54, 1.807) is 6.07 Å². The van der Waals surface area contributed by atoms with Crippen LogP contribution in [-0.2, 0) is 0 Å². The molecule has 0 saturated carbocycles. The lowest BCUT2D eigenvalue weighted by Gasteiger charge is -2.18. The Morgan fingerprint density at radius 2 is 1.94 bits per heavy atom. The normalized spacial score (nSPS) is 12.4. The lowest BCUT2D eigenvalue weighted by Crippen LogP contribution is -2.18. The van der Waals surface area contributed by atoms with Crippen molar-refractivity contribution in [2.75, 3.05) is 7.05 Å². The third-order valence-electron chi connectivity index (χ3n) is 2.78. The first kappa shape index (κ1) is 13.5. The third kappa shape index (κ3) is 2.74. The second-order valence-electron chi connectivity index (χ2n) is 3.92. The standard InChI is InChI=1S/C14H12BrClFN/c1-18-14(10-4-2-3-5-12(10)16)9-6-7-11(15)13(17)8-9/h2-8,14,18H,1H3. The van der Waals surface area contributed by atoms with Crippen LogP contribution in [0.1, 0.15) is 17.2 Å². The van der Waals surface area contributed by atoms with Crippen molar-refractivity contribution in [2.45, 2.75) is 6.04 Å². The highest BCUT2D eigenvalue weighted by molar-refractivity contribution is 9.10. The van der Waals surface area contributed by atoms with Gasteiger partial charge in [0.15, 0.2) is 0 Å². The summed E-state index contributed by atoms with van der Waals surface area (Å²) in [5.74, 6) is -0.278. The molecule has 0 aliphatic rings. The first-order valence-electron chi connectivity index (χ1n) is 5.50. The first-order valence-corrected chi connectivity index (χ1v) is 6.67. The van der Waals surface area contributed by atoms with Gasteiger partial charge in [-0.05, 0) is 52.3 Å². The molecule has 0 spiro atoms. The molecule has 18 heavy (non-hydrogen) atoms. The molecule has 1 nitrogen and oxygen atoms in total. The molecule has 2 aromatic rings. The van der Waals surface area contributed by atoms with E-state index in [0.717, 1.165) is 11.1 Å². The zero-order valence-corrected chi connectivity index (χ0v) is 12.1. The predicted octanol–water partition coefficient (Wildman–Crippen LogP) is 4.55. The van der Waals surface area contributed by atoms with Gasteiger partial charge in [-0.1, -0.05) is 35.9 Å². The van der Waals surface area contributed by atoms with Crippen LogP contribution in [0.4, 0.5) is 4.39 Å². The third-order valence-corrected chi connectivity index (χ3v) is 3.77. The summed E-state index contributed by atoms with van der Waals surface area (Å²) in [4.78, 5) is 0. The number of hydrogen-bond acceptors (Lipinski definition) is 1. The summed E-state index contributed by atoms with van der Waals surface area (Å²) < 4.78 is 14.0. The largest absolute Gasteiger partial charge is 0.309 e. The highest BCUT2D eigenvalue weighted by Gasteiger charge is 2.15. The molecular formula is C14H12BrClFN. The lowest BCUT2D eigenvalue weighted by molar-refractivity contribution is 0.610. The molecular weight excluding hydrogens is 317 g/mol. The fourth-order valence-corrected chi connectivity index (χ4v) is 2.39. The molecule has 0 amide bonds. The van der Waals surface area contributed by atoms with E-state index >= 15 is 0 Å². The van der Waals surface area contributed by atoms with Crippen molar-refractivity contribution in [3.8, 4) is 0 Å². The number of rotatable bonds is 3. The maximum absolute atomic E-state index is 13.6. The van der Waals surface area contributed by atoms with Crippen LogP contribution in [0, 0.1) is 5.82 Å². The molecule has 1 N–H and O–H groups in total. The van der Waals surface area contributed by atoms with Gasteiger partial charge in [-0.3, -0.25) is 0 Å². The summed E-state index contributed by atoms with van der Waals surface area (Å²) in [6.07, 6.45) is 0. The van der Waals surface area contributed by atoms with Gasteiger partial charge >= 0.3 is 0 Å². The molecule has 0 radical (unpaired) electrons. The minimum Gasteiger partial charge on any atom is -0.309 e. The fraction of sp³-hybridized carbons (Fsp3) is 0.143. The quantitative estimate of drug-likeness (QED) is 0.871. The van der Waals surface area contributed by atoms with Crippen LogP contribution in [0.15, 0.2) is 46.9 Å². The topological polar surface area (TPSA) is 12.0 Å². The Hall–Kier alpha value is -0.900. The average molecular weight is 329 g/mol. The van der Waals surface area contributed by atoms with Crippen molar-refractivity contribution < 1.29 is 4.39 Å². The molecule has 2 rings (SSSR count). The van der Waals surface area contributed by atoms with Gasteiger partial charge in [-0.15, -0.1) is 0 Å². The second-order valence-corrected chi connectivity index (χ2v) is 5.18. The Morgan fingerprint density at radius 3 is 2.56 bits per heavy atom. The van der Waals surface area contributed by atoms with Crippen LogP contribution >= 0.6 is 27.5 Å². The molecule has 4 heteroatoms. The van der Waals surface area contributed by atoms with Gasteiger partial charge in [0.25, 0.3) is 0 Å². The van der Waals surface area contributed by atoms with Gasteiger partial charge in [0.05, 0.1) is 10.5 Å². The molecule has 0 fully saturated rings. The fourth-order valence-electron chi connectivity index (χ4n) is 1.90. The molecule has 0 saturated heterocycles. The van der Waals surface area contributed by atoms with Crippen LogP contribution in [-0.4, -0.2) is 7.05 Å². The van der Waals surface area contributed by atoms with Gasteiger partial charge in [-0.25, -0.2) is 4.39 Å². The van der Waals surface area contributed by atoms with Gasteiger partial charge in [-0.2, -0.15) is 0 Å². The maximum Gasteiger partial charge on any atom is 0.137 e. The van der Waals surface area contributed by atoms with Gasteiger partial charge in [0, 0.05) is 5.02 Å². The Kier molecular flexibility index (Phi) is 4.38. The summed E-state index contributed by atoms with van der Waals surface area (Å²) in [6, 6.07) is 12.5. The van der Waals surface area contributed by atoms with E-state index in [2.05, 4.69) is 21.2 Å². The Bertz CT molecular complexity index is 559. The Labute approximate surface area is 119 Å². The molecule has 0 heterocycles. The summed E-state index contributed by atoms with van der Waals surface area (Å²) in [5, 5.41) is 3.82. The highest BCUT2D eigenvalue weighted by Crippen LogP contribution is 2.29. The molecule has 0 bridgehead atoms. The van der Waals surface area contributed by atoms with Crippen LogP contribution in [0.25, 0.3) is 0 Å². The minimum absolute atomic E-state index is 0.124. The molecule has 1 atom stereocenters. The van der Waals surface area contributed by atoms with Crippen molar-refractivity contribution in [3.63, 3.8) is 0 Å². The van der Waals surface area contributed by atoms with Gasteiger partial charge in [0.2, 0.25) is 0 Å². The Morgan fingerprint density at radius 1 is 1.22 bits per heavy atom. The smallest absolute Gasteiger partial charge is 0.137 e. The average Bonchev–Trinajstić information content (AvgIpc) is 2.37. The van der Waals surface area contributed by atoms with Crippen LogP contribution < -0.4 is 5.32 Å². The van der Waals surface area contributed by atoms with Crippen LogP contribution in [0.5, 0.6) is 0 Å². The first-order chi connectivity index (χ1) is 8.63. The van der Waals surface area contributed by atoms with E-state index in [0.29, 0.717) is 9.50 Å². The van der Waals surface area contributed by atoms with Crippen molar-refractivity contribution >= 4 is 27.5 Å². The van der Waals surface area contributed by atoms with Gasteiger partial charge < -0.3 is 5.32 Å². The summed E-state index contributed by atoms with van der Waals surface area (Å²) in [5.41, 5.74) is 1.77. The number of hydrogen-bond donors (Lipinski definition) is 1. The molecule has 1 unspecified atom stereocenters. The monoisotopic (exact) mass is 327 g/mol. The van der Waals surface area contributed by atoms with Crippen molar-refractivity contribution in [2.24, 2.45) is 0 Å². The minimum atomic E-state index is -0.278. The van der Waals surface area contributed by atoms with E-state index < -0.39 is 0 Å². The van der Waals surface area contributed by atoms with E-state index in [1.165, 1.54) is 6.07 Å². The number of nitrogens with one attached hydrogen (secondary N) is 1. The lowest BCUT2D eigenvalue weighted by atomic mass is 9.99. The van der Waals surface area contributed by atoms with E-state index in [9.17, 15) is 4.39 Å². The van der Waals surface area contributed by atoms with Crippen LogP contribution in [0.3, 0.4) is 0 Å². The molecule has 2 aromatic carbocycles. The second kappa shape index (κ2) is 5.83. The highest BCUT2D eigenvalue weighted by atomic mass is 79.9. The molecule has 0 aliphatic carbocycles. The number of benzene rings is 2. The molecule has 0 aromatic heterocycles. The summed E-state index contributed by atoms with van der Waals surface area (Å²) in [6.45, 7) is 0. The van der Waals surface area contributed by atoms with Crippen LogP contribution in [0.2, 0.25) is 5.02 Å². The SMILES string of the molecule is CNC(c1ccc(Br)c(F)c1)c1ccccc1Cl. The zero-order chi connectivity index (χ0) is 13.1. The van der Waals surface area contributed by atoms with Gasteiger partial charge in [0.1, 0.15) is 5.82 Å². The maximum atomic E-state index is 13.6. The summed E-state index contributed by atoms with van der Waals surface area (Å²) in [7, 11) is 1.83. The Balaban J connectivity index is 2.45. The predicted molar refractivity (Wildman–Crippen MR) is 76.5 cm³/mol. The van der Waals surface area contributed by atoms with E-state index in [1.807, 2.05) is 37.4 Å². The zero-order valence-electron chi connectivity index (χ0n) is 9.75. The van der Waals surface area contributed by atoms with Crippen molar-refractivity contribution in [3.05, 3.63) is 68.9 Å². The molecule has 0 aliphatic heterocycles. The summed E-state index contributed by atoms with van der Waals surface area (Å²) >= 11 is 9.33. The van der Waals surface area contributed by atoms with Crippen molar-refractivity contribution in [1.82, 2.24) is 5.32 Å². The molecule has 94 valence electrons. The van der Waals surface area contributed by atoms with E-state index in [-0.39, 0.29) is 11.9 Å². The van der Waals surface area contributed by atoms with Crippen molar-refractivity contribution in [1.29, 1.82) is 0 Å². The number of halogens is 3.